The topological polar surface area (TPSA) is 89.0 Å². The van der Waals surface area contributed by atoms with Gasteiger partial charge in [0.2, 0.25) is 0 Å². The van der Waals surface area contributed by atoms with Crippen molar-refractivity contribution in [3.05, 3.63) is 29.8 Å². The zero-order valence-electron chi connectivity index (χ0n) is 14.1. The lowest BCUT2D eigenvalue weighted by Gasteiger charge is -2.15. The SMILES string of the molecule is CN=C(NCCOCCS(C)(=O)=O)NCC1Cc2ccccc2O1. The fourth-order valence-electron chi connectivity index (χ4n) is 2.35. The molecule has 1 heterocycles. The van der Waals surface area contributed by atoms with E-state index in [0.29, 0.717) is 25.7 Å². The quantitative estimate of drug-likeness (QED) is 0.394. The minimum absolute atomic E-state index is 0.0412. The standard InChI is InChI=1S/C16H25N3O4S/c1-17-16(18-7-8-22-9-10-24(2,20)21)19-12-14-11-13-5-3-4-6-15(13)23-14/h3-6,14H,7-12H2,1-2H3,(H2,17,18,19). The van der Waals surface area contributed by atoms with Gasteiger partial charge in [0.15, 0.2) is 5.96 Å². The third-order valence-corrected chi connectivity index (χ3v) is 4.48. The highest BCUT2D eigenvalue weighted by molar-refractivity contribution is 7.90. The molecule has 0 aliphatic carbocycles. The first kappa shape index (κ1) is 18.5. The van der Waals surface area contributed by atoms with Gasteiger partial charge in [-0.1, -0.05) is 18.2 Å². The van der Waals surface area contributed by atoms with E-state index in [2.05, 4.69) is 21.7 Å². The summed E-state index contributed by atoms with van der Waals surface area (Å²) >= 11 is 0. The summed E-state index contributed by atoms with van der Waals surface area (Å²) in [5.74, 6) is 1.66. The van der Waals surface area contributed by atoms with E-state index in [1.165, 1.54) is 11.8 Å². The summed E-state index contributed by atoms with van der Waals surface area (Å²) in [7, 11) is -1.27. The van der Waals surface area contributed by atoms with Crippen molar-refractivity contribution in [3.63, 3.8) is 0 Å². The molecule has 1 aliphatic rings. The molecule has 0 spiro atoms. The van der Waals surface area contributed by atoms with Crippen LogP contribution < -0.4 is 15.4 Å². The fraction of sp³-hybridized carbons (Fsp3) is 0.562. The number of ether oxygens (including phenoxy) is 2. The molecule has 1 aromatic rings. The molecule has 0 fully saturated rings. The maximum Gasteiger partial charge on any atom is 0.191 e. The van der Waals surface area contributed by atoms with Crippen LogP contribution in [0.1, 0.15) is 5.56 Å². The van der Waals surface area contributed by atoms with Crippen LogP contribution in [0.15, 0.2) is 29.3 Å². The number of rotatable bonds is 8. The maximum atomic E-state index is 11.0. The van der Waals surface area contributed by atoms with E-state index < -0.39 is 9.84 Å². The Hall–Kier alpha value is -1.80. The first-order valence-corrected chi connectivity index (χ1v) is 9.98. The second-order valence-corrected chi connectivity index (χ2v) is 7.93. The fourth-order valence-corrected chi connectivity index (χ4v) is 2.77. The molecule has 0 amide bonds. The molecule has 0 bridgehead atoms. The monoisotopic (exact) mass is 355 g/mol. The number of fused-ring (bicyclic) bond motifs is 1. The van der Waals surface area contributed by atoms with Crippen molar-refractivity contribution in [3.8, 4) is 5.75 Å². The molecule has 1 aliphatic heterocycles. The number of benzene rings is 1. The van der Waals surface area contributed by atoms with Crippen LogP contribution in [-0.4, -0.2) is 65.8 Å². The highest BCUT2D eigenvalue weighted by Gasteiger charge is 2.22. The van der Waals surface area contributed by atoms with Crippen molar-refractivity contribution < 1.29 is 17.9 Å². The van der Waals surface area contributed by atoms with Crippen molar-refractivity contribution in [1.82, 2.24) is 10.6 Å². The molecule has 1 unspecified atom stereocenters. The molecule has 0 saturated heterocycles. The van der Waals surface area contributed by atoms with E-state index in [1.807, 2.05) is 18.2 Å². The van der Waals surface area contributed by atoms with E-state index in [0.717, 1.165) is 12.2 Å². The Balaban J connectivity index is 1.60. The number of aliphatic imine (C=N–C) groups is 1. The molecule has 0 aromatic heterocycles. The van der Waals surface area contributed by atoms with Crippen LogP contribution in [-0.2, 0) is 21.0 Å². The summed E-state index contributed by atoms with van der Waals surface area (Å²) in [6.45, 7) is 1.83. The van der Waals surface area contributed by atoms with Gasteiger partial charge in [-0.05, 0) is 11.6 Å². The Labute approximate surface area is 143 Å². The van der Waals surface area contributed by atoms with Crippen LogP contribution in [0.5, 0.6) is 5.75 Å². The number of nitrogens with zero attached hydrogens (tertiary/aromatic N) is 1. The van der Waals surface area contributed by atoms with Gasteiger partial charge in [0.1, 0.15) is 21.7 Å². The number of para-hydroxylation sites is 1. The number of hydrogen-bond acceptors (Lipinski definition) is 5. The summed E-state index contributed by atoms with van der Waals surface area (Å²) in [5, 5.41) is 6.34. The number of hydrogen-bond donors (Lipinski definition) is 2. The lowest BCUT2D eigenvalue weighted by Crippen LogP contribution is -2.43. The molecule has 1 atom stereocenters. The second kappa shape index (κ2) is 8.89. The van der Waals surface area contributed by atoms with Crippen molar-refractivity contribution in [1.29, 1.82) is 0 Å². The predicted octanol–water partition coefficient (Wildman–Crippen LogP) is 0.216. The third-order valence-electron chi connectivity index (χ3n) is 3.57. The second-order valence-electron chi connectivity index (χ2n) is 5.67. The van der Waals surface area contributed by atoms with Crippen LogP contribution in [0, 0.1) is 0 Å². The van der Waals surface area contributed by atoms with E-state index in [4.69, 9.17) is 9.47 Å². The zero-order valence-corrected chi connectivity index (χ0v) is 14.9. The smallest absolute Gasteiger partial charge is 0.191 e. The van der Waals surface area contributed by atoms with Crippen LogP contribution in [0.4, 0.5) is 0 Å². The molecule has 134 valence electrons. The third kappa shape index (κ3) is 6.37. The maximum absolute atomic E-state index is 11.0. The minimum Gasteiger partial charge on any atom is -0.488 e. The lowest BCUT2D eigenvalue weighted by atomic mass is 10.1. The van der Waals surface area contributed by atoms with Gasteiger partial charge in [-0.15, -0.1) is 0 Å². The Kier molecular flexibility index (Phi) is 6.86. The van der Waals surface area contributed by atoms with Gasteiger partial charge in [-0.3, -0.25) is 4.99 Å². The van der Waals surface area contributed by atoms with Gasteiger partial charge in [0.05, 0.1) is 25.5 Å². The summed E-state index contributed by atoms with van der Waals surface area (Å²) in [4.78, 5) is 4.14. The van der Waals surface area contributed by atoms with E-state index in [1.54, 1.807) is 7.05 Å². The largest absolute Gasteiger partial charge is 0.488 e. The highest BCUT2D eigenvalue weighted by atomic mass is 32.2. The van der Waals surface area contributed by atoms with E-state index in [9.17, 15) is 8.42 Å². The van der Waals surface area contributed by atoms with Gasteiger partial charge in [-0.2, -0.15) is 0 Å². The van der Waals surface area contributed by atoms with Crippen molar-refractivity contribution in [2.24, 2.45) is 4.99 Å². The van der Waals surface area contributed by atoms with E-state index >= 15 is 0 Å². The molecule has 24 heavy (non-hydrogen) atoms. The average Bonchev–Trinajstić information content (AvgIpc) is 2.95. The summed E-state index contributed by atoms with van der Waals surface area (Å²) < 4.78 is 33.1. The normalized spacial score (nSPS) is 17.2. The molecule has 2 rings (SSSR count). The summed E-state index contributed by atoms with van der Waals surface area (Å²) in [5.41, 5.74) is 1.23. The zero-order chi connectivity index (χ0) is 17.4. The molecule has 0 saturated carbocycles. The molecule has 8 heteroatoms. The Morgan fingerprint density at radius 3 is 2.83 bits per heavy atom. The molecular formula is C16H25N3O4S. The molecule has 7 nitrogen and oxygen atoms in total. The predicted molar refractivity (Wildman–Crippen MR) is 94.5 cm³/mol. The van der Waals surface area contributed by atoms with Crippen LogP contribution in [0.2, 0.25) is 0 Å². The summed E-state index contributed by atoms with van der Waals surface area (Å²) in [6.07, 6.45) is 2.17. The van der Waals surface area contributed by atoms with Gasteiger partial charge in [0, 0.05) is 26.3 Å². The molecule has 1 aromatic carbocycles. The minimum atomic E-state index is -2.97. The Bertz CT molecular complexity index is 636. The van der Waals surface area contributed by atoms with Crippen LogP contribution >= 0.6 is 0 Å². The van der Waals surface area contributed by atoms with Gasteiger partial charge < -0.3 is 20.1 Å². The molecule has 2 N–H and O–H groups in total. The van der Waals surface area contributed by atoms with Gasteiger partial charge in [-0.25, -0.2) is 8.42 Å². The lowest BCUT2D eigenvalue weighted by molar-refractivity contribution is 0.154. The number of sulfone groups is 1. The van der Waals surface area contributed by atoms with Crippen molar-refractivity contribution in [2.45, 2.75) is 12.5 Å². The van der Waals surface area contributed by atoms with Crippen LogP contribution in [0.25, 0.3) is 0 Å². The van der Waals surface area contributed by atoms with Crippen molar-refractivity contribution >= 4 is 15.8 Å². The van der Waals surface area contributed by atoms with Gasteiger partial charge >= 0.3 is 0 Å². The van der Waals surface area contributed by atoms with E-state index in [-0.39, 0.29) is 18.5 Å². The molecule has 0 radical (unpaired) electrons. The Morgan fingerprint density at radius 1 is 1.33 bits per heavy atom. The summed E-state index contributed by atoms with van der Waals surface area (Å²) in [6, 6.07) is 8.05. The van der Waals surface area contributed by atoms with Crippen molar-refractivity contribution in [2.75, 3.05) is 45.4 Å². The highest BCUT2D eigenvalue weighted by Crippen LogP contribution is 2.27. The number of guanidine groups is 1. The first-order valence-electron chi connectivity index (χ1n) is 7.92. The average molecular weight is 355 g/mol. The molecular weight excluding hydrogens is 330 g/mol. The van der Waals surface area contributed by atoms with Crippen LogP contribution in [0.3, 0.4) is 0 Å². The van der Waals surface area contributed by atoms with Gasteiger partial charge in [0.25, 0.3) is 0 Å². The number of nitrogens with one attached hydrogen (secondary N) is 2. The Morgan fingerprint density at radius 2 is 2.12 bits per heavy atom. The first-order chi connectivity index (χ1) is 11.5.